The molecule has 3 heteroatoms. The van der Waals surface area contributed by atoms with Crippen molar-refractivity contribution in [3.63, 3.8) is 0 Å². The Kier molecular flexibility index (Phi) is 3.46. The Hall–Kier alpha value is -2.13. The number of fused-ring (bicyclic) bond motifs is 6. The van der Waals surface area contributed by atoms with E-state index in [-0.39, 0.29) is 5.92 Å². The van der Waals surface area contributed by atoms with Crippen LogP contribution in [0.1, 0.15) is 46.6 Å². The van der Waals surface area contributed by atoms with Gasteiger partial charge in [-0.1, -0.05) is 42.5 Å². The Labute approximate surface area is 148 Å². The van der Waals surface area contributed by atoms with Crippen LogP contribution in [0.2, 0.25) is 0 Å². The summed E-state index contributed by atoms with van der Waals surface area (Å²) in [5, 5.41) is 8.83. The SMILES string of the molecule is O=C(O)C1CN2CCC1CC2.c1ccc2c(c1)Cc1cccc3c1C23. The molecule has 2 atom stereocenters. The highest BCUT2D eigenvalue weighted by molar-refractivity contribution is 5.71. The molecule has 3 nitrogen and oxygen atoms in total. The van der Waals surface area contributed by atoms with Gasteiger partial charge in [0.1, 0.15) is 0 Å². The van der Waals surface area contributed by atoms with Crippen molar-refractivity contribution in [2.24, 2.45) is 11.8 Å². The lowest BCUT2D eigenvalue weighted by Crippen LogP contribution is -2.49. The van der Waals surface area contributed by atoms with Crippen molar-refractivity contribution in [1.82, 2.24) is 4.90 Å². The molecular weight excluding hydrogens is 310 g/mol. The molecule has 0 radical (unpaired) electrons. The number of hydrogen-bond acceptors (Lipinski definition) is 2. The van der Waals surface area contributed by atoms with E-state index in [4.69, 9.17) is 5.11 Å². The highest BCUT2D eigenvalue weighted by Crippen LogP contribution is 2.54. The van der Waals surface area contributed by atoms with Gasteiger partial charge in [0.2, 0.25) is 0 Å². The first-order chi connectivity index (χ1) is 12.2. The van der Waals surface area contributed by atoms with Crippen molar-refractivity contribution >= 4 is 5.97 Å². The summed E-state index contributed by atoms with van der Waals surface area (Å²) in [6.07, 6.45) is 3.32. The first-order valence-electron chi connectivity index (χ1n) is 9.37. The van der Waals surface area contributed by atoms with E-state index in [1.807, 2.05) is 0 Å². The lowest BCUT2D eigenvalue weighted by atomic mass is 9.79. The van der Waals surface area contributed by atoms with Gasteiger partial charge in [0, 0.05) is 12.5 Å². The van der Waals surface area contributed by atoms with E-state index in [0.29, 0.717) is 11.8 Å². The van der Waals surface area contributed by atoms with Crippen LogP contribution in [-0.4, -0.2) is 35.6 Å². The minimum absolute atomic E-state index is 0.0718. The normalized spacial score (nSPS) is 29.8. The topological polar surface area (TPSA) is 40.5 Å². The fraction of sp³-hybridized carbons (Fsp3) is 0.409. The van der Waals surface area contributed by atoms with Gasteiger partial charge in [0.15, 0.2) is 0 Å². The molecule has 2 unspecified atom stereocenters. The van der Waals surface area contributed by atoms with Crippen molar-refractivity contribution < 1.29 is 9.90 Å². The summed E-state index contributed by atoms with van der Waals surface area (Å²) in [6, 6.07) is 15.6. The minimum atomic E-state index is -0.598. The predicted molar refractivity (Wildman–Crippen MR) is 96.9 cm³/mol. The van der Waals surface area contributed by atoms with Gasteiger partial charge in [-0.05, 0) is 66.1 Å². The predicted octanol–water partition coefficient (Wildman–Crippen LogP) is 3.50. The van der Waals surface area contributed by atoms with Crippen LogP contribution in [0, 0.1) is 11.8 Å². The van der Waals surface area contributed by atoms with Crippen molar-refractivity contribution in [2.75, 3.05) is 19.6 Å². The Balaban J connectivity index is 0.000000116. The molecule has 3 saturated heterocycles. The van der Waals surface area contributed by atoms with Crippen LogP contribution in [0.4, 0.5) is 0 Å². The number of aliphatic carboxylic acids is 1. The maximum atomic E-state index is 10.7. The summed E-state index contributed by atoms with van der Waals surface area (Å²) >= 11 is 0. The molecule has 0 amide bonds. The van der Waals surface area contributed by atoms with Gasteiger partial charge < -0.3 is 10.0 Å². The Bertz CT molecular complexity index is 836. The molecular formula is C22H23NO2. The molecule has 0 saturated carbocycles. The van der Waals surface area contributed by atoms with Crippen molar-refractivity contribution in [3.05, 3.63) is 70.3 Å². The van der Waals surface area contributed by atoms with Crippen LogP contribution in [0.15, 0.2) is 42.5 Å². The molecule has 25 heavy (non-hydrogen) atoms. The summed E-state index contributed by atoms with van der Waals surface area (Å²) in [6.45, 7) is 3.03. The molecule has 3 fully saturated rings. The Morgan fingerprint density at radius 1 is 0.960 bits per heavy atom. The molecule has 5 aliphatic rings. The second-order valence-corrected chi connectivity index (χ2v) is 7.81. The molecule has 2 aromatic rings. The van der Waals surface area contributed by atoms with Gasteiger partial charge in [-0.3, -0.25) is 4.79 Å². The average Bonchev–Trinajstić information content (AvgIpc) is 3.40. The van der Waals surface area contributed by atoms with Crippen LogP contribution in [0.3, 0.4) is 0 Å². The summed E-state index contributed by atoms with van der Waals surface area (Å²) in [7, 11) is 0. The van der Waals surface area contributed by atoms with E-state index in [1.165, 1.54) is 5.56 Å². The van der Waals surface area contributed by atoms with E-state index in [2.05, 4.69) is 47.4 Å². The second kappa shape index (κ2) is 5.70. The number of carboxylic acid groups (broad SMARTS) is 1. The first-order valence-corrected chi connectivity index (χ1v) is 9.37. The monoisotopic (exact) mass is 333 g/mol. The molecule has 0 spiro atoms. The molecule has 1 N–H and O–H groups in total. The zero-order valence-electron chi connectivity index (χ0n) is 14.3. The molecule has 2 aromatic carbocycles. The third-order valence-corrected chi connectivity index (χ3v) is 6.47. The summed E-state index contributed by atoms with van der Waals surface area (Å²) < 4.78 is 0. The van der Waals surface area contributed by atoms with Crippen LogP contribution in [0.5, 0.6) is 0 Å². The number of nitrogens with zero attached hydrogens (tertiary/aromatic N) is 1. The van der Waals surface area contributed by atoms with E-state index in [9.17, 15) is 4.79 Å². The number of rotatable bonds is 1. The Morgan fingerprint density at radius 3 is 2.36 bits per heavy atom. The number of benzene rings is 2. The maximum absolute atomic E-state index is 10.7. The van der Waals surface area contributed by atoms with Gasteiger partial charge in [-0.2, -0.15) is 0 Å². The van der Waals surface area contributed by atoms with E-state index < -0.39 is 5.97 Å². The molecule has 2 aliphatic carbocycles. The summed E-state index contributed by atoms with van der Waals surface area (Å²) in [5.74, 6) is 0.458. The number of carbonyl (C=O) groups is 1. The molecule has 128 valence electrons. The highest BCUT2D eigenvalue weighted by atomic mass is 16.4. The summed E-state index contributed by atoms with van der Waals surface area (Å²) in [5.41, 5.74) is 7.79. The smallest absolute Gasteiger partial charge is 0.308 e. The lowest BCUT2D eigenvalue weighted by Gasteiger charge is -2.42. The highest BCUT2D eigenvalue weighted by Gasteiger charge is 2.40. The summed E-state index contributed by atoms with van der Waals surface area (Å²) in [4.78, 5) is 13.0. The first kappa shape index (κ1) is 15.2. The lowest BCUT2D eigenvalue weighted by molar-refractivity contribution is -0.148. The second-order valence-electron chi connectivity index (χ2n) is 7.81. The van der Waals surface area contributed by atoms with Crippen molar-refractivity contribution in [3.8, 4) is 0 Å². The van der Waals surface area contributed by atoms with Gasteiger partial charge in [-0.25, -0.2) is 0 Å². The fourth-order valence-corrected chi connectivity index (χ4v) is 5.06. The van der Waals surface area contributed by atoms with E-state index in [1.54, 1.807) is 22.3 Å². The fourth-order valence-electron chi connectivity index (χ4n) is 5.06. The maximum Gasteiger partial charge on any atom is 0.308 e. The molecule has 3 heterocycles. The largest absolute Gasteiger partial charge is 0.481 e. The zero-order chi connectivity index (χ0) is 17.0. The van der Waals surface area contributed by atoms with Gasteiger partial charge >= 0.3 is 5.97 Å². The minimum Gasteiger partial charge on any atom is -0.481 e. The molecule has 0 aromatic heterocycles. The van der Waals surface area contributed by atoms with Crippen LogP contribution in [-0.2, 0) is 11.2 Å². The average molecular weight is 333 g/mol. The molecule has 2 bridgehead atoms. The standard InChI is InChI=1S/C14H10.C8H13NO2/c1-2-6-11-9(4-1)8-10-5-3-7-12-13(10)14(11)12;10-8(11)7-5-9-3-1-6(7)2-4-9/h1-7,14H,8H2;6-7H,1-5H2,(H,10,11). The third-order valence-electron chi connectivity index (χ3n) is 6.47. The van der Waals surface area contributed by atoms with E-state index in [0.717, 1.165) is 38.9 Å². The van der Waals surface area contributed by atoms with Crippen LogP contribution >= 0.6 is 0 Å². The molecule has 7 rings (SSSR count). The van der Waals surface area contributed by atoms with E-state index >= 15 is 0 Å². The van der Waals surface area contributed by atoms with Gasteiger partial charge in [0.05, 0.1) is 5.92 Å². The number of carboxylic acids is 1. The Morgan fingerprint density at radius 2 is 1.68 bits per heavy atom. The third kappa shape index (κ3) is 2.49. The molecule has 3 aliphatic heterocycles. The van der Waals surface area contributed by atoms with Crippen molar-refractivity contribution in [1.29, 1.82) is 0 Å². The number of hydrogen-bond donors (Lipinski definition) is 1. The number of piperidine rings is 3. The van der Waals surface area contributed by atoms with Crippen molar-refractivity contribution in [2.45, 2.75) is 25.2 Å². The van der Waals surface area contributed by atoms with Gasteiger partial charge in [0.25, 0.3) is 0 Å². The quantitative estimate of drug-likeness (QED) is 0.580. The van der Waals surface area contributed by atoms with Crippen LogP contribution < -0.4 is 0 Å². The van der Waals surface area contributed by atoms with Crippen LogP contribution in [0.25, 0.3) is 0 Å². The zero-order valence-corrected chi connectivity index (χ0v) is 14.3. The van der Waals surface area contributed by atoms with Gasteiger partial charge in [-0.15, -0.1) is 0 Å².